The molecule has 5 heterocycles. The van der Waals surface area contributed by atoms with Crippen LogP contribution in [0.25, 0.3) is 21.1 Å². The quantitative estimate of drug-likeness (QED) is 0.228. The van der Waals surface area contributed by atoms with Gasteiger partial charge in [0.25, 0.3) is 0 Å². The molecule has 6 rings (SSSR count). The molecule has 2 fully saturated rings. The van der Waals surface area contributed by atoms with E-state index < -0.39 is 23.6 Å². The maximum atomic E-state index is 13.1. The fraction of sp³-hybridized carbons (Fsp3) is 0.545. The molecule has 2 N–H and O–H groups in total. The highest BCUT2D eigenvalue weighted by Crippen LogP contribution is 2.35. The molecular formula is C33H42F3N9OS2. The van der Waals surface area contributed by atoms with Gasteiger partial charge in [-0.3, -0.25) is 9.80 Å². The molecule has 2 aliphatic rings. The zero-order chi connectivity index (χ0) is 34.2. The highest BCUT2D eigenvalue weighted by atomic mass is 32.2. The molecule has 0 saturated carbocycles. The Labute approximate surface area is 285 Å². The highest BCUT2D eigenvalue weighted by molar-refractivity contribution is 7.81. The number of benzene rings is 1. The van der Waals surface area contributed by atoms with E-state index in [0.29, 0.717) is 34.2 Å². The number of fused-ring (bicyclic) bond motifs is 2. The molecule has 10 nitrogen and oxygen atoms in total. The number of anilines is 2. The molecule has 2 aliphatic heterocycles. The summed E-state index contributed by atoms with van der Waals surface area (Å²) in [7, 11) is 0.754. The first-order valence-electron chi connectivity index (χ1n) is 16.3. The maximum absolute atomic E-state index is 13.1. The van der Waals surface area contributed by atoms with Crippen molar-refractivity contribution in [2.24, 2.45) is 0 Å². The number of aryl methyl sites for hydroxylation is 1. The summed E-state index contributed by atoms with van der Waals surface area (Å²) in [5.74, 6) is 0.950. The molecule has 15 heteroatoms. The Morgan fingerprint density at radius 1 is 1.10 bits per heavy atom. The van der Waals surface area contributed by atoms with Crippen LogP contribution in [-0.2, 0) is 30.5 Å². The van der Waals surface area contributed by atoms with Crippen molar-refractivity contribution in [2.45, 2.75) is 64.5 Å². The first-order chi connectivity index (χ1) is 22.9. The zero-order valence-corrected chi connectivity index (χ0v) is 29.4. The van der Waals surface area contributed by atoms with Crippen molar-refractivity contribution in [3.05, 3.63) is 46.0 Å². The number of piperazine rings is 1. The first-order valence-corrected chi connectivity index (χ1v) is 18.6. The number of hydrogen-bond acceptors (Lipinski definition) is 9. The SMILES string of the molecule is CNc1nc(NC2CCN(Cc3ccc4c(cc(C#N)n4C[C@H](C)N4CCN(S(C)=O)CC4)c3C)CC2)c2cc(CC(F)(F)F)sc2n1. The predicted octanol–water partition coefficient (Wildman–Crippen LogP) is 5.35. The molecule has 0 spiro atoms. The van der Waals surface area contributed by atoms with Gasteiger partial charge in [-0.1, -0.05) is 6.07 Å². The van der Waals surface area contributed by atoms with Crippen molar-refractivity contribution in [3.8, 4) is 6.07 Å². The van der Waals surface area contributed by atoms with Gasteiger partial charge in [-0.05, 0) is 56.0 Å². The lowest BCUT2D eigenvalue weighted by Crippen LogP contribution is -2.50. The van der Waals surface area contributed by atoms with Gasteiger partial charge in [0.15, 0.2) is 0 Å². The van der Waals surface area contributed by atoms with Crippen LogP contribution in [0.5, 0.6) is 0 Å². The Morgan fingerprint density at radius 2 is 1.83 bits per heavy atom. The number of likely N-dealkylation sites (tertiary alicyclic amines) is 1. The van der Waals surface area contributed by atoms with E-state index in [1.165, 1.54) is 11.1 Å². The lowest BCUT2D eigenvalue weighted by atomic mass is 10.0. The second kappa shape index (κ2) is 14.3. The summed E-state index contributed by atoms with van der Waals surface area (Å²) in [6.45, 7) is 10.9. The molecular weight excluding hydrogens is 660 g/mol. The number of alkyl halides is 3. The van der Waals surface area contributed by atoms with Crippen molar-refractivity contribution in [3.63, 3.8) is 0 Å². The van der Waals surface area contributed by atoms with Gasteiger partial charge in [-0.15, -0.1) is 11.3 Å². The average Bonchev–Trinajstić information content (AvgIpc) is 3.63. The lowest BCUT2D eigenvalue weighted by molar-refractivity contribution is -0.126. The van der Waals surface area contributed by atoms with E-state index in [0.717, 1.165) is 80.9 Å². The van der Waals surface area contributed by atoms with Gasteiger partial charge in [0.1, 0.15) is 22.4 Å². The van der Waals surface area contributed by atoms with Crippen LogP contribution in [0.2, 0.25) is 0 Å². The molecule has 1 unspecified atom stereocenters. The molecule has 3 aromatic heterocycles. The zero-order valence-electron chi connectivity index (χ0n) is 27.7. The Balaban J connectivity index is 1.10. The lowest BCUT2D eigenvalue weighted by Gasteiger charge is -2.37. The molecule has 0 aliphatic carbocycles. The number of piperidine rings is 1. The molecule has 1 aromatic carbocycles. The Bertz CT molecular complexity index is 1830. The minimum atomic E-state index is -4.28. The number of rotatable bonds is 10. The van der Waals surface area contributed by atoms with Crippen LogP contribution in [0.15, 0.2) is 24.3 Å². The largest absolute Gasteiger partial charge is 0.393 e. The van der Waals surface area contributed by atoms with Crippen molar-refractivity contribution in [1.82, 2.24) is 28.6 Å². The predicted molar refractivity (Wildman–Crippen MR) is 187 cm³/mol. The summed E-state index contributed by atoms with van der Waals surface area (Å²) in [6, 6.07) is 10.7. The Hall–Kier alpha value is -3.29. The molecule has 48 heavy (non-hydrogen) atoms. The van der Waals surface area contributed by atoms with E-state index >= 15 is 0 Å². The summed E-state index contributed by atoms with van der Waals surface area (Å²) >= 11 is 1.06. The molecule has 0 amide bonds. The summed E-state index contributed by atoms with van der Waals surface area (Å²) in [5, 5.41) is 18.2. The second-order valence-electron chi connectivity index (χ2n) is 12.8. The second-order valence-corrected chi connectivity index (χ2v) is 15.3. The molecule has 0 bridgehead atoms. The topological polar surface area (TPSA) is 105 Å². The number of nitrogens with zero attached hydrogens (tertiary/aromatic N) is 7. The van der Waals surface area contributed by atoms with Crippen LogP contribution in [0.1, 0.15) is 41.5 Å². The van der Waals surface area contributed by atoms with E-state index in [1.54, 1.807) is 19.4 Å². The molecule has 4 aromatic rings. The van der Waals surface area contributed by atoms with E-state index in [2.05, 4.69) is 67.0 Å². The van der Waals surface area contributed by atoms with Crippen LogP contribution < -0.4 is 10.6 Å². The third-order valence-electron chi connectivity index (χ3n) is 9.65. The van der Waals surface area contributed by atoms with Crippen molar-refractivity contribution in [1.29, 1.82) is 5.26 Å². The van der Waals surface area contributed by atoms with E-state index in [-0.39, 0.29) is 17.0 Å². The normalized spacial score (nSPS) is 18.7. The number of nitriles is 1. The number of nitrogens with one attached hydrogen (secondary N) is 2. The minimum Gasteiger partial charge on any atom is -0.367 e. The summed E-state index contributed by atoms with van der Waals surface area (Å²) in [6.07, 6.45) is -1.78. The summed E-state index contributed by atoms with van der Waals surface area (Å²) in [5.41, 5.74) is 4.15. The van der Waals surface area contributed by atoms with Crippen LogP contribution in [0.3, 0.4) is 0 Å². The molecule has 2 atom stereocenters. The van der Waals surface area contributed by atoms with Gasteiger partial charge < -0.3 is 15.2 Å². The fourth-order valence-electron chi connectivity index (χ4n) is 6.91. The van der Waals surface area contributed by atoms with Crippen LogP contribution >= 0.6 is 11.3 Å². The minimum absolute atomic E-state index is 0.139. The van der Waals surface area contributed by atoms with Gasteiger partial charge in [0.2, 0.25) is 5.95 Å². The first kappa shape index (κ1) is 34.6. The summed E-state index contributed by atoms with van der Waals surface area (Å²) in [4.78, 5) is 14.6. The molecule has 2 saturated heterocycles. The van der Waals surface area contributed by atoms with E-state index in [4.69, 9.17) is 0 Å². The molecule has 0 radical (unpaired) electrons. The Kier molecular flexibility index (Phi) is 10.3. The average molecular weight is 702 g/mol. The summed E-state index contributed by atoms with van der Waals surface area (Å²) < 4.78 is 55.2. The van der Waals surface area contributed by atoms with Gasteiger partial charge >= 0.3 is 6.18 Å². The number of halogens is 3. The van der Waals surface area contributed by atoms with Crippen LogP contribution in [-0.4, -0.2) is 104 Å². The number of hydrogen-bond donors (Lipinski definition) is 2. The van der Waals surface area contributed by atoms with E-state index in [1.807, 2.05) is 10.4 Å². The van der Waals surface area contributed by atoms with E-state index in [9.17, 15) is 22.6 Å². The smallest absolute Gasteiger partial charge is 0.367 e. The van der Waals surface area contributed by atoms with Crippen molar-refractivity contribution < 1.29 is 17.4 Å². The van der Waals surface area contributed by atoms with Crippen molar-refractivity contribution in [2.75, 3.05) is 63.2 Å². The number of aromatic nitrogens is 3. The van der Waals surface area contributed by atoms with Crippen LogP contribution in [0, 0.1) is 18.3 Å². The maximum Gasteiger partial charge on any atom is 0.393 e. The van der Waals surface area contributed by atoms with Crippen molar-refractivity contribution >= 4 is 55.2 Å². The Morgan fingerprint density at radius 3 is 2.48 bits per heavy atom. The van der Waals surface area contributed by atoms with Gasteiger partial charge in [0, 0.05) is 93.5 Å². The van der Waals surface area contributed by atoms with Crippen LogP contribution in [0.4, 0.5) is 24.9 Å². The molecule has 258 valence electrons. The number of thiophene rings is 1. The third-order valence-corrected chi connectivity index (χ3v) is 11.8. The highest BCUT2D eigenvalue weighted by Gasteiger charge is 2.30. The third kappa shape index (κ3) is 7.63. The monoisotopic (exact) mass is 701 g/mol. The standard InChI is InChI=1S/C33H42F3N9OS2/c1-21(43-11-13-44(14-12-43)48(4)46)19-45-25(18-37)15-27-22(2)23(5-6-29(27)45)20-42-9-7-24(8-10-42)39-30-28-16-26(17-33(34,35)36)47-31(28)41-32(38-3)40-30/h5-6,15-16,21,24H,7-14,17,19-20H2,1-4H3,(H2,38,39,40,41)/t21-,48?/m0/s1. The van der Waals surface area contributed by atoms with Gasteiger partial charge in [0.05, 0.1) is 22.8 Å². The van der Waals surface area contributed by atoms with Gasteiger partial charge in [-0.2, -0.15) is 23.4 Å². The van der Waals surface area contributed by atoms with Gasteiger partial charge in [-0.25, -0.2) is 13.5 Å². The fourth-order valence-corrected chi connectivity index (χ4v) is 8.65.